The van der Waals surface area contributed by atoms with Crippen molar-refractivity contribution in [3.8, 4) is 5.75 Å². The van der Waals surface area contributed by atoms with E-state index in [2.05, 4.69) is 54.6 Å². The first kappa shape index (κ1) is 17.0. The first-order valence-electron chi connectivity index (χ1n) is 8.84. The number of carbonyl (C=O) groups excluding carboxylic acids is 1. The van der Waals surface area contributed by atoms with E-state index in [0.717, 1.165) is 23.6 Å². The number of amides is 1. The number of likely N-dealkylation sites (tertiary alicyclic amines) is 1. The summed E-state index contributed by atoms with van der Waals surface area (Å²) in [5.41, 5.74) is 1.19. The molecule has 4 rings (SSSR count). The van der Waals surface area contributed by atoms with Crippen molar-refractivity contribution in [1.82, 2.24) is 4.90 Å². The molecule has 1 saturated heterocycles. The highest BCUT2D eigenvalue weighted by molar-refractivity contribution is 7.99. The van der Waals surface area contributed by atoms with Crippen LogP contribution in [0.3, 0.4) is 0 Å². The van der Waals surface area contributed by atoms with E-state index in [-0.39, 0.29) is 11.3 Å². The number of ether oxygens (including phenoxy) is 1. The molecule has 3 nitrogen and oxygen atoms in total. The molecule has 1 amide bonds. The van der Waals surface area contributed by atoms with Crippen LogP contribution in [0.15, 0.2) is 71.6 Å². The van der Waals surface area contributed by atoms with Gasteiger partial charge in [-0.1, -0.05) is 54.2 Å². The number of rotatable bonds is 5. The molecule has 0 spiro atoms. The van der Waals surface area contributed by atoms with Gasteiger partial charge in [0.25, 0.3) is 0 Å². The van der Waals surface area contributed by atoms with E-state index in [1.165, 1.54) is 16.3 Å². The fourth-order valence-corrected chi connectivity index (χ4v) is 4.69. The van der Waals surface area contributed by atoms with Crippen LogP contribution in [-0.2, 0) is 4.79 Å². The summed E-state index contributed by atoms with van der Waals surface area (Å²) in [7, 11) is 1.67. The Labute approximate surface area is 158 Å². The lowest BCUT2D eigenvalue weighted by atomic mass is 10.0. The minimum atomic E-state index is -0.0236. The van der Waals surface area contributed by atoms with Gasteiger partial charge in [-0.3, -0.25) is 4.79 Å². The molecule has 0 aromatic heterocycles. The monoisotopic (exact) mass is 363 g/mol. The average Bonchev–Trinajstić information content (AvgIpc) is 3.12. The second-order valence-electron chi connectivity index (χ2n) is 6.40. The maximum absolute atomic E-state index is 12.5. The Morgan fingerprint density at radius 1 is 1.00 bits per heavy atom. The van der Waals surface area contributed by atoms with Crippen LogP contribution in [0.2, 0.25) is 0 Å². The first-order chi connectivity index (χ1) is 12.8. The fraction of sp³-hybridized carbons (Fsp3) is 0.227. The van der Waals surface area contributed by atoms with Gasteiger partial charge in [0.15, 0.2) is 0 Å². The van der Waals surface area contributed by atoms with E-state index in [9.17, 15) is 4.79 Å². The molecule has 4 heteroatoms. The van der Waals surface area contributed by atoms with Gasteiger partial charge in [-0.2, -0.15) is 0 Å². The smallest absolute Gasteiger partial charge is 0.223 e. The lowest BCUT2D eigenvalue weighted by Gasteiger charge is -2.29. The predicted molar refractivity (Wildman–Crippen MR) is 106 cm³/mol. The summed E-state index contributed by atoms with van der Waals surface area (Å²) in [5, 5.41) is 2.39. The molecule has 132 valence electrons. The third-order valence-electron chi connectivity index (χ3n) is 4.79. The second kappa shape index (κ2) is 7.42. The van der Waals surface area contributed by atoms with Crippen molar-refractivity contribution in [3.63, 3.8) is 0 Å². The lowest BCUT2D eigenvalue weighted by molar-refractivity contribution is -0.128. The molecular formula is C22H21NO2S. The lowest BCUT2D eigenvalue weighted by Crippen LogP contribution is -2.28. The topological polar surface area (TPSA) is 29.5 Å². The standard InChI is InChI=1S/C22H21NO2S/c1-25-17-11-13-18(14-12-17)26-22(23-15-5-10-21(23)24)20-9-4-7-16-6-2-3-8-19(16)20/h2-4,6-9,11-14,22H,5,10,15H2,1H3. The summed E-state index contributed by atoms with van der Waals surface area (Å²) < 4.78 is 5.26. The summed E-state index contributed by atoms with van der Waals surface area (Å²) >= 11 is 1.73. The summed E-state index contributed by atoms with van der Waals surface area (Å²) in [6.07, 6.45) is 1.58. The molecule has 3 aromatic carbocycles. The Morgan fingerprint density at radius 2 is 1.77 bits per heavy atom. The van der Waals surface area contributed by atoms with E-state index in [4.69, 9.17) is 4.74 Å². The van der Waals surface area contributed by atoms with Gasteiger partial charge in [0.2, 0.25) is 5.91 Å². The molecular weight excluding hydrogens is 342 g/mol. The maximum Gasteiger partial charge on any atom is 0.223 e. The molecule has 1 atom stereocenters. The molecule has 1 heterocycles. The molecule has 3 aromatic rings. The normalized spacial score (nSPS) is 15.4. The SMILES string of the molecule is COc1ccc(SC(c2cccc3ccccc23)N2CCCC2=O)cc1. The largest absolute Gasteiger partial charge is 0.497 e. The van der Waals surface area contributed by atoms with Crippen molar-refractivity contribution in [2.24, 2.45) is 0 Å². The molecule has 0 aliphatic carbocycles. The second-order valence-corrected chi connectivity index (χ2v) is 7.56. The van der Waals surface area contributed by atoms with Crippen LogP contribution in [0.5, 0.6) is 5.75 Å². The van der Waals surface area contributed by atoms with Gasteiger partial charge in [0.1, 0.15) is 11.1 Å². The molecule has 26 heavy (non-hydrogen) atoms. The van der Waals surface area contributed by atoms with Crippen molar-refractivity contribution >= 4 is 28.4 Å². The number of benzene rings is 3. The number of carbonyl (C=O) groups is 1. The van der Waals surface area contributed by atoms with Gasteiger partial charge < -0.3 is 9.64 Å². The highest BCUT2D eigenvalue weighted by Gasteiger charge is 2.30. The van der Waals surface area contributed by atoms with Crippen LogP contribution in [0, 0.1) is 0 Å². The molecule has 1 aliphatic rings. The Balaban J connectivity index is 1.76. The van der Waals surface area contributed by atoms with Crippen molar-refractivity contribution < 1.29 is 9.53 Å². The van der Waals surface area contributed by atoms with Crippen LogP contribution in [0.25, 0.3) is 10.8 Å². The number of fused-ring (bicyclic) bond motifs is 1. The molecule has 1 unspecified atom stereocenters. The molecule has 0 saturated carbocycles. The number of nitrogens with zero attached hydrogens (tertiary/aromatic N) is 1. The number of hydrogen-bond donors (Lipinski definition) is 0. The van der Waals surface area contributed by atoms with Gasteiger partial charge in [-0.25, -0.2) is 0 Å². The Hall–Kier alpha value is -2.46. The Kier molecular flexibility index (Phi) is 4.85. The zero-order valence-electron chi connectivity index (χ0n) is 14.7. The van der Waals surface area contributed by atoms with Gasteiger partial charge in [0, 0.05) is 17.9 Å². The summed E-state index contributed by atoms with van der Waals surface area (Å²) in [4.78, 5) is 15.7. The quantitative estimate of drug-likeness (QED) is 0.579. The Bertz CT molecular complexity index is 918. The maximum atomic E-state index is 12.5. The summed E-state index contributed by atoms with van der Waals surface area (Å²) in [6.45, 7) is 0.815. The minimum Gasteiger partial charge on any atom is -0.497 e. The predicted octanol–water partition coefficient (Wildman–Crippen LogP) is 5.26. The minimum absolute atomic E-state index is 0.0236. The molecule has 0 bridgehead atoms. The van der Waals surface area contributed by atoms with Crippen molar-refractivity contribution in [2.45, 2.75) is 23.1 Å². The van der Waals surface area contributed by atoms with Crippen LogP contribution >= 0.6 is 11.8 Å². The van der Waals surface area contributed by atoms with Crippen LogP contribution in [0.4, 0.5) is 0 Å². The number of methoxy groups -OCH3 is 1. The van der Waals surface area contributed by atoms with Gasteiger partial charge >= 0.3 is 0 Å². The van der Waals surface area contributed by atoms with E-state index in [1.54, 1.807) is 18.9 Å². The highest BCUT2D eigenvalue weighted by Crippen LogP contribution is 2.42. The third-order valence-corrected chi connectivity index (χ3v) is 6.07. The van der Waals surface area contributed by atoms with Crippen LogP contribution in [0.1, 0.15) is 23.8 Å². The highest BCUT2D eigenvalue weighted by atomic mass is 32.2. The summed E-state index contributed by atoms with van der Waals surface area (Å²) in [6, 6.07) is 22.8. The average molecular weight is 363 g/mol. The molecule has 1 aliphatic heterocycles. The number of thioether (sulfide) groups is 1. The zero-order valence-corrected chi connectivity index (χ0v) is 15.5. The number of hydrogen-bond acceptors (Lipinski definition) is 3. The third kappa shape index (κ3) is 3.29. The van der Waals surface area contributed by atoms with Crippen molar-refractivity contribution in [3.05, 3.63) is 72.3 Å². The van der Waals surface area contributed by atoms with Crippen LogP contribution in [-0.4, -0.2) is 24.5 Å². The van der Waals surface area contributed by atoms with Gasteiger partial charge in [-0.05, 0) is 47.0 Å². The molecule has 0 radical (unpaired) electrons. The van der Waals surface area contributed by atoms with E-state index in [0.29, 0.717) is 6.42 Å². The molecule has 0 N–H and O–H groups in total. The van der Waals surface area contributed by atoms with Crippen LogP contribution < -0.4 is 4.74 Å². The van der Waals surface area contributed by atoms with Gasteiger partial charge in [-0.15, -0.1) is 0 Å². The first-order valence-corrected chi connectivity index (χ1v) is 9.72. The van der Waals surface area contributed by atoms with E-state index in [1.807, 2.05) is 17.0 Å². The Morgan fingerprint density at radius 3 is 2.50 bits per heavy atom. The van der Waals surface area contributed by atoms with Gasteiger partial charge in [0.05, 0.1) is 7.11 Å². The zero-order chi connectivity index (χ0) is 17.9. The summed E-state index contributed by atoms with van der Waals surface area (Å²) in [5.74, 6) is 1.08. The molecule has 1 fully saturated rings. The van der Waals surface area contributed by atoms with E-state index >= 15 is 0 Å². The van der Waals surface area contributed by atoms with Crippen molar-refractivity contribution in [2.75, 3.05) is 13.7 Å². The van der Waals surface area contributed by atoms with Crippen molar-refractivity contribution in [1.29, 1.82) is 0 Å². The van der Waals surface area contributed by atoms with E-state index < -0.39 is 0 Å². The fourth-order valence-electron chi connectivity index (χ4n) is 3.46.